The number of rotatable bonds is 10. The minimum Gasteiger partial charge on any atom is -0.349 e. The number of fused-ring (bicyclic) bond motifs is 1. The fraction of sp³-hybridized carbons (Fsp3) is 0.387. The zero-order chi connectivity index (χ0) is 25.1. The van der Waals surface area contributed by atoms with Gasteiger partial charge in [0.2, 0.25) is 0 Å². The molecule has 34 heavy (non-hydrogen) atoms. The quantitative estimate of drug-likeness (QED) is 0.280. The second kappa shape index (κ2) is 13.6. The summed E-state index contributed by atoms with van der Waals surface area (Å²) in [6.45, 7) is 16.9. The maximum absolute atomic E-state index is 5.01. The third-order valence-electron chi connectivity index (χ3n) is 6.21. The Morgan fingerprint density at radius 2 is 1.94 bits per heavy atom. The third-order valence-corrected chi connectivity index (χ3v) is 6.21. The Labute approximate surface area is 208 Å². The predicted molar refractivity (Wildman–Crippen MR) is 153 cm³/mol. The summed E-state index contributed by atoms with van der Waals surface area (Å²) in [5, 5.41) is 3.61. The van der Waals surface area contributed by atoms with Crippen LogP contribution in [0.25, 0.3) is 11.8 Å². The number of unbranched alkanes of at least 4 members (excludes halogenated alkanes) is 1. The van der Waals surface area contributed by atoms with Crippen LogP contribution in [0.5, 0.6) is 0 Å². The Morgan fingerprint density at radius 1 is 1.18 bits per heavy atom. The zero-order valence-electron chi connectivity index (χ0n) is 22.3. The molecule has 0 unspecified atom stereocenters. The Morgan fingerprint density at radius 3 is 2.56 bits per heavy atom. The van der Waals surface area contributed by atoms with Crippen molar-refractivity contribution in [1.29, 1.82) is 0 Å². The van der Waals surface area contributed by atoms with Crippen LogP contribution in [0.1, 0.15) is 78.4 Å². The lowest BCUT2D eigenvalue weighted by molar-refractivity contribution is 0.559. The molecule has 0 radical (unpaired) electrons. The van der Waals surface area contributed by atoms with Crippen LogP contribution in [0.4, 0.5) is 5.69 Å². The van der Waals surface area contributed by atoms with Gasteiger partial charge in [0, 0.05) is 30.5 Å². The minimum absolute atomic E-state index is 0.735. The highest BCUT2D eigenvalue weighted by molar-refractivity contribution is 6.01. The van der Waals surface area contributed by atoms with Crippen LogP contribution in [0.3, 0.4) is 0 Å². The summed E-state index contributed by atoms with van der Waals surface area (Å²) in [6, 6.07) is 6.59. The van der Waals surface area contributed by atoms with Gasteiger partial charge in [-0.1, -0.05) is 81.5 Å². The molecule has 182 valence electrons. The highest BCUT2D eigenvalue weighted by Gasteiger charge is 2.13. The van der Waals surface area contributed by atoms with E-state index in [1.165, 1.54) is 35.4 Å². The first-order chi connectivity index (χ1) is 16.3. The second-order valence-corrected chi connectivity index (χ2v) is 9.12. The van der Waals surface area contributed by atoms with Crippen molar-refractivity contribution in [2.75, 3.05) is 12.4 Å². The van der Waals surface area contributed by atoms with Gasteiger partial charge in [-0.2, -0.15) is 0 Å². The molecule has 1 aromatic carbocycles. The van der Waals surface area contributed by atoms with Gasteiger partial charge in [-0.3, -0.25) is 0 Å². The monoisotopic (exact) mass is 457 g/mol. The predicted octanol–water partition coefficient (Wildman–Crippen LogP) is 8.97. The first-order valence-electron chi connectivity index (χ1n) is 12.5. The summed E-state index contributed by atoms with van der Waals surface area (Å²) in [5.74, 6) is 1.67. The molecule has 0 fully saturated rings. The van der Waals surface area contributed by atoms with Gasteiger partial charge in [0.15, 0.2) is 0 Å². The van der Waals surface area contributed by atoms with Gasteiger partial charge < -0.3 is 10.2 Å². The first kappa shape index (κ1) is 27.2. The van der Waals surface area contributed by atoms with Crippen LogP contribution < -0.4 is 5.32 Å². The van der Waals surface area contributed by atoms with Crippen LogP contribution in [-0.4, -0.2) is 17.8 Å². The van der Waals surface area contributed by atoms with Gasteiger partial charge in [0.25, 0.3) is 0 Å². The van der Waals surface area contributed by atoms with Gasteiger partial charge in [-0.25, -0.2) is 4.99 Å². The summed E-state index contributed by atoms with van der Waals surface area (Å²) in [7, 11) is 2.11. The number of hydrogen-bond acceptors (Lipinski definition) is 2. The van der Waals surface area contributed by atoms with E-state index >= 15 is 0 Å². The first-order valence-corrected chi connectivity index (χ1v) is 12.5. The molecule has 0 aliphatic carbocycles. The van der Waals surface area contributed by atoms with Crippen molar-refractivity contribution in [1.82, 2.24) is 4.90 Å². The van der Waals surface area contributed by atoms with Crippen molar-refractivity contribution < 1.29 is 0 Å². The average molecular weight is 458 g/mol. The van der Waals surface area contributed by atoms with E-state index in [1.54, 1.807) is 0 Å². The van der Waals surface area contributed by atoms with Crippen molar-refractivity contribution in [3.8, 4) is 0 Å². The van der Waals surface area contributed by atoms with Crippen molar-refractivity contribution in [2.24, 2.45) is 10.9 Å². The maximum atomic E-state index is 5.01. The number of amidine groups is 1. The highest BCUT2D eigenvalue weighted by atomic mass is 15.1. The molecule has 0 aromatic heterocycles. The average Bonchev–Trinajstić information content (AvgIpc) is 3.03. The molecule has 0 atom stereocenters. The number of anilines is 1. The molecule has 0 saturated carbocycles. The maximum Gasteiger partial charge on any atom is 0.110 e. The Hall–Kier alpha value is -3.07. The fourth-order valence-electron chi connectivity index (χ4n) is 4.00. The third kappa shape index (κ3) is 7.48. The molecule has 1 N–H and O–H groups in total. The van der Waals surface area contributed by atoms with E-state index < -0.39 is 0 Å². The largest absolute Gasteiger partial charge is 0.349 e. The van der Waals surface area contributed by atoms with E-state index in [9.17, 15) is 0 Å². The minimum atomic E-state index is 0.735. The van der Waals surface area contributed by atoms with Gasteiger partial charge in [0.1, 0.15) is 5.84 Å². The number of nitrogens with zero attached hydrogens (tertiary/aromatic N) is 2. The molecule has 0 amide bonds. The van der Waals surface area contributed by atoms with Crippen LogP contribution >= 0.6 is 0 Å². The fourth-order valence-corrected chi connectivity index (χ4v) is 4.00. The van der Waals surface area contributed by atoms with Crippen LogP contribution in [0.2, 0.25) is 0 Å². The number of nitrogens with one attached hydrogen (secondary N) is 1. The molecular formula is C31H43N3. The zero-order valence-corrected chi connectivity index (χ0v) is 22.3. The summed E-state index contributed by atoms with van der Waals surface area (Å²) < 4.78 is 0. The van der Waals surface area contributed by atoms with Gasteiger partial charge >= 0.3 is 0 Å². The molecule has 0 spiro atoms. The molecule has 1 aliphatic rings. The van der Waals surface area contributed by atoms with Gasteiger partial charge in [0.05, 0.1) is 5.70 Å². The molecule has 1 heterocycles. The highest BCUT2D eigenvalue weighted by Crippen LogP contribution is 2.29. The summed E-state index contributed by atoms with van der Waals surface area (Å²) in [5.41, 5.74) is 7.88. The molecule has 1 aliphatic heterocycles. The summed E-state index contributed by atoms with van der Waals surface area (Å²) in [4.78, 5) is 7.23. The van der Waals surface area contributed by atoms with Gasteiger partial charge in [-0.15, -0.1) is 0 Å². The van der Waals surface area contributed by atoms with E-state index in [4.69, 9.17) is 4.99 Å². The standard InChI is InChI=1S/C31H43N3/c1-9-24(7)34(8)30(12-4)27-21-20-26-18-15-19-31(33-29(26)22-27)32-28(11-3)25(10-2)17-14-13-16-23(5)6/h9-12,15,17-18,20-23H,2,13-14,16,19H2,1,3-8H3,(H,32,33)/b24-9-,25-17+,28-11+,30-12-. The van der Waals surface area contributed by atoms with Crippen molar-refractivity contribution >= 4 is 23.3 Å². The summed E-state index contributed by atoms with van der Waals surface area (Å²) >= 11 is 0. The SMILES string of the molecule is C=CC(=C\CCCC(C)C)/C(=C\C)N=C1CC=Cc2ccc(/C(=C/C)N(C)/C(C)=C\C)cc2N1. The number of allylic oxidation sites excluding steroid dienone is 6. The van der Waals surface area contributed by atoms with E-state index in [2.05, 4.69) is 113 Å². The van der Waals surface area contributed by atoms with E-state index in [0.717, 1.165) is 41.6 Å². The molecule has 2 rings (SSSR count). The lowest BCUT2D eigenvalue weighted by Gasteiger charge is -2.24. The molecule has 0 bridgehead atoms. The van der Waals surface area contributed by atoms with E-state index in [0.29, 0.717) is 0 Å². The Kier molecular flexibility index (Phi) is 10.9. The normalized spacial score (nSPS) is 16.4. The van der Waals surface area contributed by atoms with Crippen molar-refractivity contribution in [2.45, 2.75) is 67.2 Å². The molecule has 0 saturated heterocycles. The Balaban J connectivity index is 2.32. The second-order valence-electron chi connectivity index (χ2n) is 9.12. The smallest absolute Gasteiger partial charge is 0.110 e. The van der Waals surface area contributed by atoms with E-state index in [-0.39, 0.29) is 0 Å². The molecule has 1 aromatic rings. The number of aliphatic imine (C=N–C) groups is 1. The summed E-state index contributed by atoms with van der Waals surface area (Å²) in [6.07, 6.45) is 19.1. The molecule has 3 heteroatoms. The van der Waals surface area contributed by atoms with Crippen LogP contribution in [-0.2, 0) is 0 Å². The van der Waals surface area contributed by atoms with Crippen LogP contribution in [0.15, 0.2) is 83.2 Å². The lowest BCUT2D eigenvalue weighted by atomic mass is 10.0. The Bertz CT molecular complexity index is 1030. The lowest BCUT2D eigenvalue weighted by Crippen LogP contribution is -2.15. The molecule has 3 nitrogen and oxygen atoms in total. The van der Waals surface area contributed by atoms with Crippen molar-refractivity contribution in [3.05, 3.63) is 89.3 Å². The number of benzene rings is 1. The van der Waals surface area contributed by atoms with Gasteiger partial charge in [-0.05, 0) is 69.2 Å². The van der Waals surface area contributed by atoms with Crippen LogP contribution in [0, 0.1) is 5.92 Å². The van der Waals surface area contributed by atoms with Crippen molar-refractivity contribution in [3.63, 3.8) is 0 Å². The van der Waals surface area contributed by atoms with E-state index in [1.807, 2.05) is 13.0 Å². The topological polar surface area (TPSA) is 27.6 Å². The molecular weight excluding hydrogens is 414 g/mol. The number of hydrogen-bond donors (Lipinski definition) is 1.